The van der Waals surface area contributed by atoms with Gasteiger partial charge in [-0.05, 0) is 6.07 Å². The SMILES string of the molecule is NC1CC(=O)N(CCn2cccn2)C1. The quantitative estimate of drug-likeness (QED) is 0.701. The van der Waals surface area contributed by atoms with Gasteiger partial charge in [0.15, 0.2) is 0 Å². The molecule has 76 valence electrons. The van der Waals surface area contributed by atoms with Crippen molar-refractivity contribution in [1.82, 2.24) is 14.7 Å². The second-order valence-electron chi connectivity index (χ2n) is 3.57. The first-order valence-corrected chi connectivity index (χ1v) is 4.76. The Bertz CT molecular complexity index is 309. The second-order valence-corrected chi connectivity index (χ2v) is 3.57. The van der Waals surface area contributed by atoms with Crippen molar-refractivity contribution in [3.63, 3.8) is 0 Å². The van der Waals surface area contributed by atoms with Crippen LogP contribution in [0, 0.1) is 0 Å². The molecule has 0 radical (unpaired) electrons. The highest BCUT2D eigenvalue weighted by Crippen LogP contribution is 2.08. The maximum Gasteiger partial charge on any atom is 0.224 e. The van der Waals surface area contributed by atoms with Gasteiger partial charge in [-0.3, -0.25) is 9.48 Å². The third-order valence-electron chi connectivity index (χ3n) is 2.40. The Balaban J connectivity index is 1.84. The Labute approximate surface area is 82.5 Å². The molecule has 1 atom stereocenters. The number of aromatic nitrogens is 2. The Morgan fingerprint density at radius 1 is 1.57 bits per heavy atom. The monoisotopic (exact) mass is 194 g/mol. The molecule has 0 aromatic carbocycles. The number of hydrogen-bond acceptors (Lipinski definition) is 3. The van der Waals surface area contributed by atoms with E-state index < -0.39 is 0 Å². The van der Waals surface area contributed by atoms with E-state index in [0.29, 0.717) is 19.5 Å². The van der Waals surface area contributed by atoms with Gasteiger partial charge in [-0.15, -0.1) is 0 Å². The van der Waals surface area contributed by atoms with Crippen LogP contribution < -0.4 is 5.73 Å². The summed E-state index contributed by atoms with van der Waals surface area (Å²) in [5.41, 5.74) is 5.68. The molecule has 5 nitrogen and oxygen atoms in total. The van der Waals surface area contributed by atoms with E-state index in [2.05, 4.69) is 5.10 Å². The van der Waals surface area contributed by atoms with Crippen LogP contribution in [0.1, 0.15) is 6.42 Å². The van der Waals surface area contributed by atoms with Gasteiger partial charge in [-0.25, -0.2) is 0 Å². The summed E-state index contributed by atoms with van der Waals surface area (Å²) in [6.07, 6.45) is 4.11. The lowest BCUT2D eigenvalue weighted by Crippen LogP contribution is -2.31. The van der Waals surface area contributed by atoms with Gasteiger partial charge in [0, 0.05) is 37.9 Å². The molecule has 14 heavy (non-hydrogen) atoms. The van der Waals surface area contributed by atoms with Crippen molar-refractivity contribution < 1.29 is 4.79 Å². The van der Waals surface area contributed by atoms with E-state index in [0.717, 1.165) is 6.54 Å². The van der Waals surface area contributed by atoms with Crippen molar-refractivity contribution in [2.75, 3.05) is 13.1 Å². The van der Waals surface area contributed by atoms with E-state index in [1.807, 2.05) is 16.9 Å². The van der Waals surface area contributed by atoms with Crippen molar-refractivity contribution >= 4 is 5.91 Å². The number of likely N-dealkylation sites (tertiary alicyclic amines) is 1. The number of carbonyl (C=O) groups excluding carboxylic acids is 1. The van der Waals surface area contributed by atoms with Gasteiger partial charge in [0.25, 0.3) is 0 Å². The number of nitrogens with zero attached hydrogens (tertiary/aromatic N) is 3. The molecule has 1 unspecified atom stereocenters. The van der Waals surface area contributed by atoms with Gasteiger partial charge in [0.2, 0.25) is 5.91 Å². The minimum Gasteiger partial charge on any atom is -0.339 e. The molecular weight excluding hydrogens is 180 g/mol. The molecule has 1 fully saturated rings. The van der Waals surface area contributed by atoms with Gasteiger partial charge < -0.3 is 10.6 Å². The summed E-state index contributed by atoms with van der Waals surface area (Å²) < 4.78 is 1.82. The zero-order chi connectivity index (χ0) is 9.97. The van der Waals surface area contributed by atoms with E-state index in [1.165, 1.54) is 0 Å². The molecule has 1 aliphatic rings. The van der Waals surface area contributed by atoms with Crippen LogP contribution in [0.25, 0.3) is 0 Å². The summed E-state index contributed by atoms with van der Waals surface area (Å²) >= 11 is 0. The lowest BCUT2D eigenvalue weighted by atomic mass is 10.3. The maximum atomic E-state index is 11.4. The zero-order valence-electron chi connectivity index (χ0n) is 7.97. The molecule has 1 aromatic rings. The third-order valence-corrected chi connectivity index (χ3v) is 2.40. The zero-order valence-corrected chi connectivity index (χ0v) is 7.97. The van der Waals surface area contributed by atoms with Crippen molar-refractivity contribution in [3.8, 4) is 0 Å². The summed E-state index contributed by atoms with van der Waals surface area (Å²) in [6.45, 7) is 2.12. The van der Waals surface area contributed by atoms with Crippen LogP contribution in [0.5, 0.6) is 0 Å². The third kappa shape index (κ3) is 1.93. The van der Waals surface area contributed by atoms with E-state index in [1.54, 1.807) is 11.1 Å². The van der Waals surface area contributed by atoms with Crippen LogP contribution in [0.2, 0.25) is 0 Å². The summed E-state index contributed by atoms with van der Waals surface area (Å²) in [5.74, 6) is 0.157. The van der Waals surface area contributed by atoms with Gasteiger partial charge in [-0.2, -0.15) is 5.10 Å². The molecule has 2 rings (SSSR count). The van der Waals surface area contributed by atoms with E-state index >= 15 is 0 Å². The minimum atomic E-state index is 0.0140. The van der Waals surface area contributed by atoms with Gasteiger partial charge in [0.1, 0.15) is 0 Å². The Hall–Kier alpha value is -1.36. The second kappa shape index (κ2) is 3.79. The van der Waals surface area contributed by atoms with Crippen LogP contribution in [-0.4, -0.2) is 39.7 Å². The number of amides is 1. The highest BCUT2D eigenvalue weighted by atomic mass is 16.2. The highest BCUT2D eigenvalue weighted by molar-refractivity contribution is 5.79. The minimum absolute atomic E-state index is 0.0140. The smallest absolute Gasteiger partial charge is 0.224 e. The van der Waals surface area contributed by atoms with Crippen molar-refractivity contribution in [2.45, 2.75) is 19.0 Å². The molecule has 0 saturated carbocycles. The molecule has 1 amide bonds. The number of hydrogen-bond donors (Lipinski definition) is 1. The van der Waals surface area contributed by atoms with Crippen LogP contribution in [0.3, 0.4) is 0 Å². The Kier molecular flexibility index (Phi) is 2.49. The molecule has 1 aliphatic heterocycles. The van der Waals surface area contributed by atoms with Crippen molar-refractivity contribution in [2.24, 2.45) is 5.73 Å². The maximum absolute atomic E-state index is 11.4. The van der Waals surface area contributed by atoms with Gasteiger partial charge in [-0.1, -0.05) is 0 Å². The Morgan fingerprint density at radius 2 is 2.43 bits per heavy atom. The average Bonchev–Trinajstić information content (AvgIpc) is 2.72. The largest absolute Gasteiger partial charge is 0.339 e. The van der Waals surface area contributed by atoms with Gasteiger partial charge >= 0.3 is 0 Å². The molecule has 0 bridgehead atoms. The van der Waals surface area contributed by atoms with Crippen LogP contribution in [0.15, 0.2) is 18.5 Å². The molecular formula is C9H14N4O. The average molecular weight is 194 g/mol. The van der Waals surface area contributed by atoms with Crippen molar-refractivity contribution in [1.29, 1.82) is 0 Å². The summed E-state index contributed by atoms with van der Waals surface area (Å²) in [5, 5.41) is 4.07. The van der Waals surface area contributed by atoms with Crippen LogP contribution >= 0.6 is 0 Å². The fourth-order valence-corrected chi connectivity index (χ4v) is 1.67. The fourth-order valence-electron chi connectivity index (χ4n) is 1.67. The Morgan fingerprint density at radius 3 is 3.00 bits per heavy atom. The van der Waals surface area contributed by atoms with E-state index in [9.17, 15) is 4.79 Å². The van der Waals surface area contributed by atoms with Crippen LogP contribution in [0.4, 0.5) is 0 Å². The number of rotatable bonds is 3. The molecule has 0 spiro atoms. The fraction of sp³-hybridized carbons (Fsp3) is 0.556. The van der Waals surface area contributed by atoms with Crippen molar-refractivity contribution in [3.05, 3.63) is 18.5 Å². The summed E-state index contributed by atoms with van der Waals surface area (Å²) in [6, 6.07) is 1.89. The first kappa shape index (κ1) is 9.21. The lowest BCUT2D eigenvalue weighted by molar-refractivity contribution is -0.127. The van der Waals surface area contributed by atoms with E-state index in [4.69, 9.17) is 5.73 Å². The molecule has 0 aliphatic carbocycles. The standard InChI is InChI=1S/C9H14N4O/c10-8-6-9(14)12(7-8)4-5-13-3-1-2-11-13/h1-3,8H,4-7,10H2. The summed E-state index contributed by atoms with van der Waals surface area (Å²) in [4.78, 5) is 13.2. The molecule has 2 N–H and O–H groups in total. The molecule has 1 saturated heterocycles. The molecule has 1 aromatic heterocycles. The predicted molar refractivity (Wildman–Crippen MR) is 51.4 cm³/mol. The highest BCUT2D eigenvalue weighted by Gasteiger charge is 2.26. The van der Waals surface area contributed by atoms with E-state index in [-0.39, 0.29) is 11.9 Å². The van der Waals surface area contributed by atoms with Gasteiger partial charge in [0.05, 0.1) is 6.54 Å². The molecule has 2 heterocycles. The first-order valence-electron chi connectivity index (χ1n) is 4.76. The van der Waals surface area contributed by atoms with Crippen LogP contribution in [-0.2, 0) is 11.3 Å². The summed E-state index contributed by atoms with van der Waals surface area (Å²) in [7, 11) is 0. The number of nitrogens with two attached hydrogens (primary N) is 1. The normalized spacial score (nSPS) is 21.9. The number of carbonyl (C=O) groups is 1. The first-order chi connectivity index (χ1) is 6.75. The lowest BCUT2D eigenvalue weighted by Gasteiger charge is -2.15. The topological polar surface area (TPSA) is 64.2 Å². The molecule has 5 heteroatoms. The predicted octanol–water partition coefficient (Wildman–Crippen LogP) is -0.557.